The summed E-state index contributed by atoms with van der Waals surface area (Å²) in [5.41, 5.74) is 1.88. The number of likely N-dealkylation sites (tertiary alicyclic amines) is 1. The highest BCUT2D eigenvalue weighted by Crippen LogP contribution is 2.31. The third kappa shape index (κ3) is 3.91. The molecule has 1 atom stereocenters. The van der Waals surface area contributed by atoms with Crippen molar-refractivity contribution in [1.29, 1.82) is 0 Å². The number of hydrogen-bond acceptors (Lipinski definition) is 4. The maximum atomic E-state index is 13.1. The second-order valence-electron chi connectivity index (χ2n) is 6.61. The topological polar surface area (TPSA) is 66.1 Å². The number of rotatable bonds is 3. The smallest absolute Gasteiger partial charge is 0.260 e. The normalized spacial score (nSPS) is 17.7. The van der Waals surface area contributed by atoms with E-state index >= 15 is 0 Å². The molecule has 1 unspecified atom stereocenters. The average Bonchev–Trinajstić information content (AvgIpc) is 2.98. The van der Waals surface area contributed by atoms with Crippen LogP contribution in [-0.4, -0.2) is 38.5 Å². The predicted octanol–water partition coefficient (Wildman–Crippen LogP) is 4.67. The first kappa shape index (κ1) is 19.0. The number of nitrogens with one attached hydrogen (secondary N) is 1. The van der Waals surface area contributed by atoms with Gasteiger partial charge in [0.15, 0.2) is 5.16 Å². The number of hydrogen-bond donors (Lipinski definition) is 1. The van der Waals surface area contributed by atoms with Gasteiger partial charge < -0.3 is 4.98 Å². The molecule has 1 N–H and O–H groups in total. The number of nitrogens with zero attached hydrogens (tertiary/aromatic N) is 2. The number of thioether (sulfide) groups is 1. The second-order valence-corrected chi connectivity index (χ2v) is 8.24. The lowest BCUT2D eigenvalue weighted by Gasteiger charge is -2.22. The average molecular weight is 418 g/mol. The summed E-state index contributed by atoms with van der Waals surface area (Å²) in [4.78, 5) is 34.8. The van der Waals surface area contributed by atoms with Gasteiger partial charge in [-0.3, -0.25) is 14.5 Å². The third-order valence-corrected chi connectivity index (χ3v) is 6.03. The van der Waals surface area contributed by atoms with Gasteiger partial charge in [0.25, 0.3) is 5.91 Å². The zero-order valence-corrected chi connectivity index (χ0v) is 16.4. The zero-order chi connectivity index (χ0) is 19.7. The Morgan fingerprint density at radius 1 is 1.21 bits per heavy atom. The van der Waals surface area contributed by atoms with E-state index in [9.17, 15) is 14.0 Å². The Morgan fingerprint density at radius 2 is 2.00 bits per heavy atom. The van der Waals surface area contributed by atoms with Crippen LogP contribution in [0.3, 0.4) is 0 Å². The summed E-state index contributed by atoms with van der Waals surface area (Å²) in [7, 11) is 0. The van der Waals surface area contributed by atoms with Crippen molar-refractivity contribution in [2.75, 3.05) is 6.54 Å². The molecule has 2 aromatic carbocycles. The fraction of sp³-hybridized carbons (Fsp3) is 0.250. The molecule has 0 aliphatic carbocycles. The number of fused-ring (bicyclic) bond motifs is 1. The van der Waals surface area contributed by atoms with E-state index in [0.717, 1.165) is 23.9 Å². The second kappa shape index (κ2) is 7.93. The van der Waals surface area contributed by atoms with E-state index in [4.69, 9.17) is 11.6 Å². The van der Waals surface area contributed by atoms with E-state index in [2.05, 4.69) is 9.97 Å². The third-order valence-electron chi connectivity index (χ3n) is 4.65. The minimum Gasteiger partial charge on any atom is -0.333 e. The highest BCUT2D eigenvalue weighted by molar-refractivity contribution is 8.00. The number of carbonyl (C=O) groups is 2. The van der Waals surface area contributed by atoms with E-state index in [-0.39, 0.29) is 5.91 Å². The van der Waals surface area contributed by atoms with Crippen molar-refractivity contribution in [2.45, 2.75) is 29.7 Å². The Balaban J connectivity index is 1.55. The molecule has 1 aliphatic heterocycles. The minimum atomic E-state index is -0.419. The molecule has 8 heteroatoms. The quantitative estimate of drug-likeness (QED) is 0.629. The summed E-state index contributed by atoms with van der Waals surface area (Å²) in [6, 6.07) is 10.6. The number of aromatic nitrogens is 2. The van der Waals surface area contributed by atoms with Gasteiger partial charge in [0.05, 0.1) is 16.3 Å². The van der Waals surface area contributed by atoms with Crippen LogP contribution in [0.15, 0.2) is 47.6 Å². The van der Waals surface area contributed by atoms with Crippen LogP contribution in [-0.2, 0) is 4.79 Å². The molecule has 0 bridgehead atoms. The molecule has 1 saturated heterocycles. The Morgan fingerprint density at radius 3 is 2.79 bits per heavy atom. The zero-order valence-electron chi connectivity index (χ0n) is 14.8. The molecule has 1 aromatic heterocycles. The van der Waals surface area contributed by atoms with Crippen LogP contribution in [0.2, 0.25) is 5.02 Å². The lowest BCUT2D eigenvalue weighted by molar-refractivity contribution is -0.127. The number of carbonyl (C=O) groups excluding carboxylic acids is 2. The van der Waals surface area contributed by atoms with Crippen molar-refractivity contribution in [2.24, 2.45) is 0 Å². The largest absolute Gasteiger partial charge is 0.333 e. The fourth-order valence-electron chi connectivity index (χ4n) is 3.22. The fourth-order valence-corrected chi connectivity index (χ4v) is 4.49. The van der Waals surface area contributed by atoms with E-state index in [1.807, 2.05) is 6.07 Å². The molecule has 0 spiro atoms. The van der Waals surface area contributed by atoms with Gasteiger partial charge in [0, 0.05) is 17.1 Å². The van der Waals surface area contributed by atoms with Crippen LogP contribution < -0.4 is 0 Å². The summed E-state index contributed by atoms with van der Waals surface area (Å²) in [6.45, 7) is 0.363. The van der Waals surface area contributed by atoms with E-state index in [1.165, 1.54) is 40.9 Å². The van der Waals surface area contributed by atoms with Crippen LogP contribution in [0.4, 0.5) is 4.39 Å². The minimum absolute atomic E-state index is 0.240. The molecule has 3 aromatic rings. The highest BCUT2D eigenvalue weighted by Gasteiger charge is 2.32. The number of imide groups is 1. The number of benzene rings is 2. The van der Waals surface area contributed by atoms with Gasteiger partial charge in [0.1, 0.15) is 5.82 Å². The number of imidazole rings is 1. The molecular formula is C20H17ClFN3O2S. The van der Waals surface area contributed by atoms with Crippen molar-refractivity contribution in [3.05, 3.63) is 58.9 Å². The van der Waals surface area contributed by atoms with Crippen molar-refractivity contribution >= 4 is 46.2 Å². The van der Waals surface area contributed by atoms with Gasteiger partial charge in [0.2, 0.25) is 5.91 Å². The van der Waals surface area contributed by atoms with E-state index in [0.29, 0.717) is 28.7 Å². The summed E-state index contributed by atoms with van der Waals surface area (Å²) >= 11 is 7.33. The molecule has 4 rings (SSSR count). The monoisotopic (exact) mass is 417 g/mol. The van der Waals surface area contributed by atoms with Crippen molar-refractivity contribution in [1.82, 2.24) is 14.9 Å². The van der Waals surface area contributed by atoms with Crippen LogP contribution in [0, 0.1) is 5.82 Å². The molecular weight excluding hydrogens is 401 g/mol. The molecule has 2 amide bonds. The van der Waals surface area contributed by atoms with Gasteiger partial charge in [-0.05, 0) is 55.3 Å². The Kier molecular flexibility index (Phi) is 5.37. The summed E-state index contributed by atoms with van der Waals surface area (Å²) < 4.78 is 13.1. The van der Waals surface area contributed by atoms with Crippen LogP contribution in [0.5, 0.6) is 0 Å². The first-order valence-electron chi connectivity index (χ1n) is 8.94. The summed E-state index contributed by atoms with van der Waals surface area (Å²) in [5, 5.41) is 0.809. The standard InChI is InChI=1S/C20H17ClFN3O2S/c21-13-6-9-15-16(11-13)24-20(23-15)28-17-3-1-2-10-25(19(17)27)18(26)12-4-7-14(22)8-5-12/h4-9,11,17H,1-3,10H2,(H,23,24). The first-order valence-corrected chi connectivity index (χ1v) is 10.2. The van der Waals surface area contributed by atoms with Crippen molar-refractivity contribution in [3.8, 4) is 0 Å². The van der Waals surface area contributed by atoms with Crippen LogP contribution in [0.1, 0.15) is 29.6 Å². The molecule has 1 fully saturated rings. The Hall–Kier alpha value is -2.38. The van der Waals surface area contributed by atoms with Gasteiger partial charge >= 0.3 is 0 Å². The molecule has 2 heterocycles. The van der Waals surface area contributed by atoms with Crippen LogP contribution in [0.25, 0.3) is 11.0 Å². The molecule has 0 saturated carbocycles. The number of halogens is 2. The van der Waals surface area contributed by atoms with Crippen molar-refractivity contribution < 1.29 is 14.0 Å². The number of amides is 2. The lowest BCUT2D eigenvalue weighted by atomic mass is 10.2. The van der Waals surface area contributed by atoms with Gasteiger partial charge in [-0.1, -0.05) is 29.8 Å². The number of aromatic amines is 1. The molecule has 1 aliphatic rings. The van der Waals surface area contributed by atoms with Crippen LogP contribution >= 0.6 is 23.4 Å². The maximum absolute atomic E-state index is 13.1. The highest BCUT2D eigenvalue weighted by atomic mass is 35.5. The van der Waals surface area contributed by atoms with Crippen molar-refractivity contribution in [3.63, 3.8) is 0 Å². The molecule has 0 radical (unpaired) electrons. The Bertz CT molecular complexity index is 1040. The summed E-state index contributed by atoms with van der Waals surface area (Å²) in [5.74, 6) is -1.05. The molecule has 144 valence electrons. The van der Waals surface area contributed by atoms with E-state index in [1.54, 1.807) is 12.1 Å². The maximum Gasteiger partial charge on any atom is 0.260 e. The summed E-state index contributed by atoms with van der Waals surface area (Å²) in [6.07, 6.45) is 2.24. The SMILES string of the molecule is O=C(c1ccc(F)cc1)N1CCCCC(Sc2nc3ccc(Cl)cc3[nH]2)C1=O. The van der Waals surface area contributed by atoms with Gasteiger partial charge in [-0.2, -0.15) is 0 Å². The lowest BCUT2D eigenvalue weighted by Crippen LogP contribution is -2.41. The predicted molar refractivity (Wildman–Crippen MR) is 107 cm³/mol. The molecule has 5 nitrogen and oxygen atoms in total. The van der Waals surface area contributed by atoms with E-state index < -0.39 is 17.0 Å². The first-order chi connectivity index (χ1) is 13.5. The van der Waals surface area contributed by atoms with Gasteiger partial charge in [-0.25, -0.2) is 9.37 Å². The number of H-pyrrole nitrogens is 1. The molecule has 28 heavy (non-hydrogen) atoms. The Labute approximate surface area is 170 Å². The van der Waals surface area contributed by atoms with Gasteiger partial charge in [-0.15, -0.1) is 0 Å².